The van der Waals surface area contributed by atoms with Gasteiger partial charge in [-0.05, 0) is 26.8 Å². The second-order valence-electron chi connectivity index (χ2n) is 4.83. The highest BCUT2D eigenvalue weighted by Gasteiger charge is 2.22. The van der Waals surface area contributed by atoms with Crippen molar-refractivity contribution < 1.29 is 14.7 Å². The highest BCUT2D eigenvalue weighted by atomic mass is 16.4. The number of carboxylic acid groups (broad SMARTS) is 1. The zero-order chi connectivity index (χ0) is 14.1. The summed E-state index contributed by atoms with van der Waals surface area (Å²) >= 11 is 0. The van der Waals surface area contributed by atoms with E-state index in [2.05, 4.69) is 5.32 Å². The minimum Gasteiger partial charge on any atom is -0.481 e. The highest BCUT2D eigenvalue weighted by Crippen LogP contribution is 2.08. The molecule has 2 N–H and O–H groups in total. The molecule has 0 aliphatic heterocycles. The molecule has 0 aliphatic rings. The van der Waals surface area contributed by atoms with Crippen molar-refractivity contribution in [2.75, 3.05) is 19.6 Å². The fraction of sp³-hybridized carbons (Fsp3) is 0.846. The van der Waals surface area contributed by atoms with Crippen molar-refractivity contribution in [3.63, 3.8) is 0 Å². The van der Waals surface area contributed by atoms with Gasteiger partial charge in [0.15, 0.2) is 0 Å². The van der Waals surface area contributed by atoms with E-state index in [4.69, 9.17) is 5.11 Å². The fourth-order valence-electron chi connectivity index (χ4n) is 1.75. The smallest absolute Gasteiger partial charge is 0.303 e. The quantitative estimate of drug-likeness (QED) is 0.654. The van der Waals surface area contributed by atoms with Gasteiger partial charge in [-0.15, -0.1) is 0 Å². The Hall–Kier alpha value is -1.10. The summed E-state index contributed by atoms with van der Waals surface area (Å²) in [5.74, 6) is -0.791. The van der Waals surface area contributed by atoms with Crippen LogP contribution in [-0.2, 0) is 9.59 Å². The summed E-state index contributed by atoms with van der Waals surface area (Å²) in [4.78, 5) is 24.5. The minimum absolute atomic E-state index is 0.0721. The molecule has 106 valence electrons. The number of hydrogen-bond acceptors (Lipinski definition) is 3. The van der Waals surface area contributed by atoms with E-state index in [-0.39, 0.29) is 24.3 Å². The van der Waals surface area contributed by atoms with Crippen LogP contribution in [0.4, 0.5) is 0 Å². The summed E-state index contributed by atoms with van der Waals surface area (Å²) in [6.45, 7) is 9.84. The van der Waals surface area contributed by atoms with Crippen molar-refractivity contribution >= 4 is 11.9 Å². The van der Waals surface area contributed by atoms with Crippen LogP contribution in [0.15, 0.2) is 0 Å². The zero-order valence-electron chi connectivity index (χ0n) is 11.9. The van der Waals surface area contributed by atoms with Gasteiger partial charge in [0.25, 0.3) is 0 Å². The summed E-state index contributed by atoms with van der Waals surface area (Å²) in [5, 5.41) is 11.8. The molecule has 0 saturated carbocycles. The maximum atomic E-state index is 12.2. The van der Waals surface area contributed by atoms with Crippen LogP contribution in [0.5, 0.6) is 0 Å². The number of rotatable bonds is 9. The Morgan fingerprint density at radius 3 is 2.33 bits per heavy atom. The lowest BCUT2D eigenvalue weighted by Gasteiger charge is -2.29. The Labute approximate surface area is 110 Å². The van der Waals surface area contributed by atoms with E-state index in [9.17, 15) is 9.59 Å². The summed E-state index contributed by atoms with van der Waals surface area (Å²) in [7, 11) is 0. The lowest BCUT2D eigenvalue weighted by Crippen LogP contribution is -2.43. The molecule has 1 amide bonds. The zero-order valence-corrected chi connectivity index (χ0v) is 11.9. The SMILES string of the molecule is CCNCC(C)C(=O)N(CCCC(=O)O)C(C)C. The molecule has 0 aromatic rings. The molecule has 18 heavy (non-hydrogen) atoms. The Kier molecular flexibility index (Phi) is 8.37. The molecule has 0 saturated heterocycles. The summed E-state index contributed by atoms with van der Waals surface area (Å²) < 4.78 is 0. The van der Waals surface area contributed by atoms with Crippen molar-refractivity contribution in [2.45, 2.75) is 46.6 Å². The molecule has 0 aromatic heterocycles. The summed E-state index contributed by atoms with van der Waals surface area (Å²) in [6.07, 6.45) is 0.616. The molecule has 0 bridgehead atoms. The number of nitrogens with zero attached hydrogens (tertiary/aromatic N) is 1. The van der Waals surface area contributed by atoms with Crippen LogP contribution in [0.1, 0.15) is 40.5 Å². The Morgan fingerprint density at radius 2 is 1.89 bits per heavy atom. The largest absolute Gasteiger partial charge is 0.481 e. The third-order valence-electron chi connectivity index (χ3n) is 2.82. The highest BCUT2D eigenvalue weighted by molar-refractivity contribution is 5.79. The number of carboxylic acids is 1. The van der Waals surface area contributed by atoms with Crippen molar-refractivity contribution in [3.05, 3.63) is 0 Å². The third kappa shape index (κ3) is 6.59. The van der Waals surface area contributed by atoms with Gasteiger partial charge in [0, 0.05) is 31.5 Å². The van der Waals surface area contributed by atoms with Crippen LogP contribution in [0.2, 0.25) is 0 Å². The predicted octanol–water partition coefficient (Wildman–Crippen LogP) is 1.33. The molecule has 0 heterocycles. The van der Waals surface area contributed by atoms with E-state index in [0.717, 1.165) is 6.54 Å². The number of carbonyl (C=O) groups excluding carboxylic acids is 1. The van der Waals surface area contributed by atoms with E-state index < -0.39 is 5.97 Å². The van der Waals surface area contributed by atoms with Crippen molar-refractivity contribution in [1.82, 2.24) is 10.2 Å². The summed E-state index contributed by atoms with van der Waals surface area (Å²) in [5.41, 5.74) is 0. The second kappa shape index (κ2) is 8.91. The first-order chi connectivity index (χ1) is 8.40. The van der Waals surface area contributed by atoms with Crippen LogP contribution in [0.25, 0.3) is 0 Å². The van der Waals surface area contributed by atoms with Gasteiger partial charge in [-0.3, -0.25) is 9.59 Å². The number of carbonyl (C=O) groups is 2. The summed E-state index contributed by atoms with van der Waals surface area (Å²) in [6, 6.07) is 0.107. The normalized spacial score (nSPS) is 12.5. The maximum Gasteiger partial charge on any atom is 0.303 e. The first-order valence-corrected chi connectivity index (χ1v) is 6.63. The fourth-order valence-corrected chi connectivity index (χ4v) is 1.75. The van der Waals surface area contributed by atoms with Crippen LogP contribution >= 0.6 is 0 Å². The molecule has 0 aliphatic carbocycles. The minimum atomic E-state index is -0.813. The molecular formula is C13H26N2O3. The lowest BCUT2D eigenvalue weighted by molar-refractivity contribution is -0.139. The van der Waals surface area contributed by atoms with Crippen molar-refractivity contribution in [3.8, 4) is 0 Å². The molecule has 0 rings (SSSR count). The average molecular weight is 258 g/mol. The van der Waals surface area contributed by atoms with E-state index in [0.29, 0.717) is 19.5 Å². The van der Waals surface area contributed by atoms with E-state index >= 15 is 0 Å². The number of aliphatic carboxylic acids is 1. The van der Waals surface area contributed by atoms with Gasteiger partial charge < -0.3 is 15.3 Å². The third-order valence-corrected chi connectivity index (χ3v) is 2.82. The number of nitrogens with one attached hydrogen (secondary N) is 1. The first-order valence-electron chi connectivity index (χ1n) is 6.63. The van der Waals surface area contributed by atoms with Gasteiger partial charge in [-0.2, -0.15) is 0 Å². The Balaban J connectivity index is 4.30. The predicted molar refractivity (Wildman–Crippen MR) is 71.4 cm³/mol. The van der Waals surface area contributed by atoms with Crippen LogP contribution < -0.4 is 5.32 Å². The van der Waals surface area contributed by atoms with Crippen molar-refractivity contribution in [2.24, 2.45) is 5.92 Å². The number of hydrogen-bond donors (Lipinski definition) is 2. The van der Waals surface area contributed by atoms with Gasteiger partial charge in [0.2, 0.25) is 5.91 Å². The molecule has 0 spiro atoms. The van der Waals surface area contributed by atoms with Gasteiger partial charge in [-0.1, -0.05) is 13.8 Å². The lowest BCUT2D eigenvalue weighted by atomic mass is 10.1. The molecule has 5 heteroatoms. The molecule has 0 aromatic carbocycles. The number of amides is 1. The molecule has 5 nitrogen and oxygen atoms in total. The van der Waals surface area contributed by atoms with Gasteiger partial charge in [0.1, 0.15) is 0 Å². The molecule has 1 unspecified atom stereocenters. The van der Waals surface area contributed by atoms with Gasteiger partial charge >= 0.3 is 5.97 Å². The standard InChI is InChI=1S/C13H26N2O3/c1-5-14-9-11(4)13(18)15(10(2)3)8-6-7-12(16)17/h10-11,14H,5-9H2,1-4H3,(H,16,17). The Bertz CT molecular complexity index is 267. The maximum absolute atomic E-state index is 12.2. The molecule has 1 atom stereocenters. The second-order valence-corrected chi connectivity index (χ2v) is 4.83. The van der Waals surface area contributed by atoms with Crippen LogP contribution in [-0.4, -0.2) is 47.6 Å². The van der Waals surface area contributed by atoms with Gasteiger partial charge in [0.05, 0.1) is 0 Å². The van der Waals surface area contributed by atoms with E-state index in [1.807, 2.05) is 27.7 Å². The topological polar surface area (TPSA) is 69.6 Å². The molecule has 0 radical (unpaired) electrons. The Morgan fingerprint density at radius 1 is 1.28 bits per heavy atom. The van der Waals surface area contributed by atoms with E-state index in [1.54, 1.807) is 4.90 Å². The van der Waals surface area contributed by atoms with Gasteiger partial charge in [-0.25, -0.2) is 0 Å². The van der Waals surface area contributed by atoms with Crippen LogP contribution in [0, 0.1) is 5.92 Å². The molecular weight excluding hydrogens is 232 g/mol. The van der Waals surface area contributed by atoms with Crippen molar-refractivity contribution in [1.29, 1.82) is 0 Å². The monoisotopic (exact) mass is 258 g/mol. The van der Waals surface area contributed by atoms with Crippen LogP contribution in [0.3, 0.4) is 0 Å². The average Bonchev–Trinajstić information content (AvgIpc) is 2.30. The molecule has 0 fully saturated rings. The first kappa shape index (κ1) is 16.9. The van der Waals surface area contributed by atoms with E-state index in [1.165, 1.54) is 0 Å².